The van der Waals surface area contributed by atoms with Crippen molar-refractivity contribution in [3.63, 3.8) is 0 Å². The number of nitrogens with one attached hydrogen (secondary N) is 1. The molecule has 0 aliphatic rings. The van der Waals surface area contributed by atoms with Crippen LogP contribution < -0.4 is 10.5 Å². The summed E-state index contributed by atoms with van der Waals surface area (Å²) in [4.78, 5) is 0. The first-order chi connectivity index (χ1) is 9.12. The predicted molar refractivity (Wildman–Crippen MR) is 73.2 cm³/mol. The maximum atomic E-state index is 12.8. The van der Waals surface area contributed by atoms with Gasteiger partial charge in [0.25, 0.3) is 6.43 Å². The molecule has 0 aliphatic carbocycles. The second-order valence-electron chi connectivity index (χ2n) is 3.61. The molecule has 0 atom stereocenters. The van der Waals surface area contributed by atoms with Crippen LogP contribution in [0.5, 0.6) is 5.88 Å². The number of aryl methyl sites for hydroxylation is 1. The molecule has 0 unspecified atom stereocenters. The summed E-state index contributed by atoms with van der Waals surface area (Å²) in [5, 5.41) is 9.82. The zero-order chi connectivity index (χ0) is 15.5. The number of alkyl halides is 5. The SMILES string of the molecule is Br.Cn1nc(C(F)(F)F)c(CSC(=N)N)c1OCC(F)F. The van der Waals surface area contributed by atoms with Crippen LogP contribution in [0.15, 0.2) is 0 Å². The van der Waals surface area contributed by atoms with Crippen molar-refractivity contribution in [2.75, 3.05) is 6.61 Å². The highest BCUT2D eigenvalue weighted by molar-refractivity contribution is 8.93. The molecule has 1 rings (SSSR count). The molecule has 12 heteroatoms. The summed E-state index contributed by atoms with van der Waals surface area (Å²) in [6.07, 6.45) is -7.58. The largest absolute Gasteiger partial charge is 0.472 e. The molecule has 1 heterocycles. The van der Waals surface area contributed by atoms with Crippen LogP contribution in [-0.4, -0.2) is 28.0 Å². The Morgan fingerprint density at radius 1 is 1.48 bits per heavy atom. The first-order valence-corrected chi connectivity index (χ1v) is 6.12. The highest BCUT2D eigenvalue weighted by Crippen LogP contribution is 2.37. The second-order valence-corrected chi connectivity index (χ2v) is 4.63. The van der Waals surface area contributed by atoms with Gasteiger partial charge >= 0.3 is 6.18 Å². The molecule has 0 spiro atoms. The lowest BCUT2D eigenvalue weighted by Crippen LogP contribution is -2.12. The minimum atomic E-state index is -4.75. The van der Waals surface area contributed by atoms with E-state index in [2.05, 4.69) is 9.84 Å². The lowest BCUT2D eigenvalue weighted by molar-refractivity contribution is -0.141. The quantitative estimate of drug-likeness (QED) is 0.454. The standard InChI is InChI=1S/C9H11F5N4OS.BrH/c1-18-7(19-2-5(10)11)4(3-20-8(15)16)6(17-18)9(12,13)14;/h5H,2-3H2,1H3,(H3,15,16);1H. The number of thioether (sulfide) groups is 1. The van der Waals surface area contributed by atoms with E-state index >= 15 is 0 Å². The van der Waals surface area contributed by atoms with Crippen molar-refractivity contribution < 1.29 is 26.7 Å². The number of amidine groups is 1. The molecular formula is C9H12BrF5N4OS. The van der Waals surface area contributed by atoms with Crippen molar-refractivity contribution in [3.05, 3.63) is 11.3 Å². The smallest absolute Gasteiger partial charge is 0.435 e. The van der Waals surface area contributed by atoms with E-state index in [4.69, 9.17) is 11.1 Å². The molecule has 0 saturated heterocycles. The van der Waals surface area contributed by atoms with Crippen molar-refractivity contribution in [1.29, 1.82) is 5.41 Å². The maximum Gasteiger partial charge on any atom is 0.435 e. The van der Waals surface area contributed by atoms with E-state index in [0.29, 0.717) is 11.8 Å². The molecular weight excluding hydrogens is 387 g/mol. The number of aromatic nitrogens is 2. The molecule has 1 aromatic heterocycles. The summed E-state index contributed by atoms with van der Waals surface area (Å²) in [6.45, 7) is -1.05. The van der Waals surface area contributed by atoms with E-state index in [0.717, 1.165) is 11.7 Å². The molecule has 0 aromatic carbocycles. The Labute approximate surface area is 131 Å². The third-order valence-corrected chi connectivity index (χ3v) is 2.82. The van der Waals surface area contributed by atoms with Crippen molar-refractivity contribution in [2.24, 2.45) is 12.8 Å². The normalized spacial score (nSPS) is 11.4. The lowest BCUT2D eigenvalue weighted by atomic mass is 10.2. The second kappa shape index (κ2) is 7.82. The number of nitrogens with zero attached hydrogens (tertiary/aromatic N) is 2. The Hall–Kier alpha value is -1.04. The van der Waals surface area contributed by atoms with E-state index in [9.17, 15) is 22.0 Å². The van der Waals surface area contributed by atoms with Crippen molar-refractivity contribution in [1.82, 2.24) is 9.78 Å². The molecule has 21 heavy (non-hydrogen) atoms. The Balaban J connectivity index is 0.00000400. The van der Waals surface area contributed by atoms with E-state index in [1.807, 2.05) is 0 Å². The molecule has 0 amide bonds. The van der Waals surface area contributed by atoms with Gasteiger partial charge in [0.15, 0.2) is 17.5 Å². The summed E-state index contributed by atoms with van der Waals surface area (Å²) in [5.74, 6) is -0.761. The average molecular weight is 399 g/mol. The zero-order valence-corrected chi connectivity index (χ0v) is 13.1. The zero-order valence-electron chi connectivity index (χ0n) is 10.6. The van der Waals surface area contributed by atoms with Crippen LogP contribution in [0.25, 0.3) is 0 Å². The van der Waals surface area contributed by atoms with Gasteiger partial charge in [0.05, 0.1) is 5.56 Å². The average Bonchev–Trinajstić information content (AvgIpc) is 2.60. The minimum absolute atomic E-state index is 0. The maximum absolute atomic E-state index is 12.8. The van der Waals surface area contributed by atoms with Crippen LogP contribution in [0.4, 0.5) is 22.0 Å². The summed E-state index contributed by atoms with van der Waals surface area (Å²) >= 11 is 0.617. The van der Waals surface area contributed by atoms with Crippen molar-refractivity contribution in [3.8, 4) is 5.88 Å². The van der Waals surface area contributed by atoms with Crippen molar-refractivity contribution in [2.45, 2.75) is 18.4 Å². The van der Waals surface area contributed by atoms with Crippen LogP contribution >= 0.6 is 28.7 Å². The Bertz CT molecular complexity index is 493. The summed E-state index contributed by atoms with van der Waals surface area (Å²) in [7, 11) is 1.15. The molecule has 0 fully saturated rings. The van der Waals surface area contributed by atoms with Crippen LogP contribution in [0, 0.1) is 5.41 Å². The molecule has 0 saturated carbocycles. The number of rotatable bonds is 5. The van der Waals surface area contributed by atoms with Gasteiger partial charge in [-0.3, -0.25) is 5.41 Å². The van der Waals surface area contributed by atoms with Gasteiger partial charge < -0.3 is 10.5 Å². The Morgan fingerprint density at radius 2 is 2.05 bits per heavy atom. The van der Waals surface area contributed by atoms with Gasteiger partial charge in [0.1, 0.15) is 0 Å². The van der Waals surface area contributed by atoms with E-state index < -0.39 is 41.5 Å². The third-order valence-electron chi connectivity index (χ3n) is 2.07. The first-order valence-electron chi connectivity index (χ1n) is 5.13. The fraction of sp³-hybridized carbons (Fsp3) is 0.556. The highest BCUT2D eigenvalue weighted by Gasteiger charge is 2.39. The Morgan fingerprint density at radius 3 is 2.48 bits per heavy atom. The summed E-state index contributed by atoms with van der Waals surface area (Å²) in [5.41, 5.74) is 3.40. The fourth-order valence-corrected chi connectivity index (χ4v) is 1.94. The number of hydrogen-bond acceptors (Lipinski definition) is 4. The van der Waals surface area contributed by atoms with Gasteiger partial charge in [0.2, 0.25) is 5.88 Å². The Kier molecular flexibility index (Phi) is 7.44. The van der Waals surface area contributed by atoms with Crippen LogP contribution in [0.1, 0.15) is 11.3 Å². The van der Waals surface area contributed by atoms with E-state index in [1.54, 1.807) is 0 Å². The van der Waals surface area contributed by atoms with Gasteiger partial charge in [-0.15, -0.1) is 17.0 Å². The number of ether oxygens (including phenoxy) is 1. The predicted octanol–water partition coefficient (Wildman–Crippen LogP) is 2.79. The van der Waals surface area contributed by atoms with Crippen LogP contribution in [0.3, 0.4) is 0 Å². The molecule has 0 bridgehead atoms. The number of hydrogen-bond donors (Lipinski definition) is 2. The number of halogens is 6. The van der Waals surface area contributed by atoms with E-state index in [1.165, 1.54) is 0 Å². The van der Waals surface area contributed by atoms with Gasteiger partial charge in [-0.25, -0.2) is 13.5 Å². The van der Waals surface area contributed by atoms with Gasteiger partial charge in [-0.05, 0) is 0 Å². The topological polar surface area (TPSA) is 76.9 Å². The van der Waals surface area contributed by atoms with E-state index in [-0.39, 0.29) is 22.7 Å². The van der Waals surface area contributed by atoms with Crippen LogP contribution in [0.2, 0.25) is 0 Å². The minimum Gasteiger partial charge on any atom is -0.472 e. The van der Waals surface area contributed by atoms with Crippen LogP contribution in [-0.2, 0) is 19.0 Å². The highest BCUT2D eigenvalue weighted by atomic mass is 79.9. The monoisotopic (exact) mass is 398 g/mol. The molecule has 0 aliphatic heterocycles. The summed E-state index contributed by atoms with van der Waals surface area (Å²) < 4.78 is 68.0. The van der Waals surface area contributed by atoms with Gasteiger partial charge in [-0.2, -0.15) is 18.3 Å². The lowest BCUT2D eigenvalue weighted by Gasteiger charge is -2.09. The van der Waals surface area contributed by atoms with Crippen molar-refractivity contribution >= 4 is 33.9 Å². The number of nitrogens with two attached hydrogens (primary N) is 1. The molecule has 3 N–H and O–H groups in total. The van der Waals surface area contributed by atoms with Gasteiger partial charge in [0, 0.05) is 12.8 Å². The molecule has 5 nitrogen and oxygen atoms in total. The molecule has 122 valence electrons. The summed E-state index contributed by atoms with van der Waals surface area (Å²) in [6, 6.07) is 0. The molecule has 0 radical (unpaired) electrons. The first kappa shape index (κ1) is 20.0. The third kappa shape index (κ3) is 5.69. The molecule has 1 aromatic rings. The fourth-order valence-electron chi connectivity index (χ4n) is 1.38. The van der Waals surface area contributed by atoms with Gasteiger partial charge in [-0.1, -0.05) is 11.8 Å².